The van der Waals surface area contributed by atoms with Gasteiger partial charge in [0.15, 0.2) is 6.10 Å². The maximum absolute atomic E-state index is 12.4. The van der Waals surface area contributed by atoms with Crippen molar-refractivity contribution in [2.45, 2.75) is 13.0 Å². The van der Waals surface area contributed by atoms with Gasteiger partial charge in [0.2, 0.25) is 0 Å². The van der Waals surface area contributed by atoms with Crippen molar-refractivity contribution in [1.82, 2.24) is 4.90 Å². The van der Waals surface area contributed by atoms with Gasteiger partial charge in [-0.05, 0) is 37.3 Å². The van der Waals surface area contributed by atoms with Crippen LogP contribution in [-0.4, -0.2) is 41.2 Å². The third kappa shape index (κ3) is 3.82. The first-order valence-corrected chi connectivity index (χ1v) is 8.99. The van der Waals surface area contributed by atoms with Crippen LogP contribution in [0.1, 0.15) is 43.6 Å². The zero-order valence-electron chi connectivity index (χ0n) is 16.0. The summed E-state index contributed by atoms with van der Waals surface area (Å²) < 4.78 is 5.18. The molecule has 0 saturated heterocycles. The second-order valence-electron chi connectivity index (χ2n) is 6.46. The number of carbonyl (C=O) groups excluding carboxylic acids is 4. The number of fused-ring (bicyclic) bond motifs is 1. The van der Waals surface area contributed by atoms with Crippen molar-refractivity contribution in [3.63, 3.8) is 0 Å². The Labute approximate surface area is 172 Å². The molecule has 1 atom stereocenters. The molecule has 150 valence electrons. The van der Waals surface area contributed by atoms with E-state index in [4.69, 9.17) is 10.00 Å². The molecule has 0 radical (unpaired) electrons. The van der Waals surface area contributed by atoms with Crippen molar-refractivity contribution >= 4 is 29.4 Å². The van der Waals surface area contributed by atoms with Crippen molar-refractivity contribution in [2.75, 3.05) is 11.9 Å². The van der Waals surface area contributed by atoms with Gasteiger partial charge in [-0.1, -0.05) is 18.2 Å². The van der Waals surface area contributed by atoms with Crippen LogP contribution in [0.15, 0.2) is 55.1 Å². The number of nitrogens with one attached hydrogen (secondary N) is 1. The van der Waals surface area contributed by atoms with Crippen LogP contribution in [0.2, 0.25) is 0 Å². The van der Waals surface area contributed by atoms with E-state index < -0.39 is 29.8 Å². The highest BCUT2D eigenvalue weighted by atomic mass is 16.5. The number of ether oxygens (including phenoxy) is 1. The van der Waals surface area contributed by atoms with Crippen LogP contribution >= 0.6 is 0 Å². The van der Waals surface area contributed by atoms with Gasteiger partial charge in [-0.3, -0.25) is 19.3 Å². The molecule has 8 heteroatoms. The summed E-state index contributed by atoms with van der Waals surface area (Å²) in [7, 11) is 0. The standard InChI is InChI=1S/C22H17N3O5/c1-3-10-25-20(27)16-9-8-14(11-17(16)21(25)28)22(29)30-13(2)19(26)24-18-7-5-4-6-15(18)12-23/h3-9,11,13H,1,10H2,2H3,(H,24,26)/t13-/m0/s1. The van der Waals surface area contributed by atoms with Gasteiger partial charge in [0, 0.05) is 6.54 Å². The molecule has 1 aliphatic heterocycles. The van der Waals surface area contributed by atoms with E-state index in [1.54, 1.807) is 24.3 Å². The fraction of sp³-hybridized carbons (Fsp3) is 0.136. The predicted octanol–water partition coefficient (Wildman–Crippen LogP) is 2.52. The average Bonchev–Trinajstić information content (AvgIpc) is 2.98. The van der Waals surface area contributed by atoms with Crippen LogP contribution in [-0.2, 0) is 9.53 Å². The molecule has 1 N–H and O–H groups in total. The lowest BCUT2D eigenvalue weighted by Gasteiger charge is -2.14. The molecule has 0 bridgehead atoms. The topological polar surface area (TPSA) is 117 Å². The van der Waals surface area contributed by atoms with Gasteiger partial charge in [0.25, 0.3) is 17.7 Å². The van der Waals surface area contributed by atoms with Crippen LogP contribution in [0.3, 0.4) is 0 Å². The van der Waals surface area contributed by atoms with Crippen LogP contribution in [0.4, 0.5) is 5.69 Å². The first-order chi connectivity index (χ1) is 14.4. The highest BCUT2D eigenvalue weighted by molar-refractivity contribution is 6.22. The number of nitrogens with zero attached hydrogens (tertiary/aromatic N) is 2. The molecule has 0 fully saturated rings. The second-order valence-corrected chi connectivity index (χ2v) is 6.46. The maximum atomic E-state index is 12.4. The molecule has 3 rings (SSSR count). The Morgan fingerprint density at radius 3 is 2.60 bits per heavy atom. The molecule has 30 heavy (non-hydrogen) atoms. The van der Waals surface area contributed by atoms with Crippen LogP contribution in [0.5, 0.6) is 0 Å². The summed E-state index contributed by atoms with van der Waals surface area (Å²) in [6, 6.07) is 12.4. The molecule has 1 heterocycles. The zero-order valence-corrected chi connectivity index (χ0v) is 16.0. The van der Waals surface area contributed by atoms with E-state index in [1.165, 1.54) is 31.2 Å². The quantitative estimate of drug-likeness (QED) is 0.450. The molecule has 2 aromatic carbocycles. The molecular formula is C22H17N3O5. The lowest BCUT2D eigenvalue weighted by atomic mass is 10.1. The minimum absolute atomic E-state index is 0.0347. The van der Waals surface area contributed by atoms with E-state index in [1.807, 2.05) is 6.07 Å². The smallest absolute Gasteiger partial charge is 0.338 e. The van der Waals surface area contributed by atoms with Gasteiger partial charge in [-0.25, -0.2) is 4.79 Å². The molecule has 0 spiro atoms. The van der Waals surface area contributed by atoms with Gasteiger partial charge in [-0.2, -0.15) is 5.26 Å². The van der Waals surface area contributed by atoms with E-state index >= 15 is 0 Å². The molecule has 8 nitrogen and oxygen atoms in total. The average molecular weight is 403 g/mol. The number of carbonyl (C=O) groups is 4. The number of nitriles is 1. The van der Waals surface area contributed by atoms with Gasteiger partial charge in [0.1, 0.15) is 6.07 Å². The van der Waals surface area contributed by atoms with Crippen molar-refractivity contribution in [3.05, 3.63) is 77.4 Å². The number of hydrogen-bond donors (Lipinski definition) is 1. The number of imide groups is 1. The fourth-order valence-corrected chi connectivity index (χ4v) is 2.92. The monoisotopic (exact) mass is 403 g/mol. The molecule has 3 amide bonds. The summed E-state index contributed by atoms with van der Waals surface area (Å²) in [5.41, 5.74) is 0.896. The van der Waals surface area contributed by atoms with Crippen molar-refractivity contribution in [3.8, 4) is 6.07 Å². The van der Waals surface area contributed by atoms with Crippen molar-refractivity contribution in [2.24, 2.45) is 0 Å². The Kier molecular flexibility index (Phi) is 5.74. The lowest BCUT2D eigenvalue weighted by Crippen LogP contribution is -2.30. The third-order valence-corrected chi connectivity index (χ3v) is 4.48. The molecular weight excluding hydrogens is 386 g/mol. The van der Waals surface area contributed by atoms with E-state index in [-0.39, 0.29) is 28.8 Å². The summed E-state index contributed by atoms with van der Waals surface area (Å²) in [6.07, 6.45) is 0.272. The third-order valence-electron chi connectivity index (χ3n) is 4.48. The number of benzene rings is 2. The molecule has 0 unspecified atom stereocenters. The highest BCUT2D eigenvalue weighted by Crippen LogP contribution is 2.24. The SMILES string of the molecule is C=CCN1C(=O)c2ccc(C(=O)O[C@@H](C)C(=O)Nc3ccccc3C#N)cc2C1=O. The van der Waals surface area contributed by atoms with Gasteiger partial charge in [0.05, 0.1) is 27.9 Å². The Bertz CT molecular complexity index is 1120. The molecule has 2 aromatic rings. The highest BCUT2D eigenvalue weighted by Gasteiger charge is 2.35. The van der Waals surface area contributed by atoms with Crippen molar-refractivity contribution in [1.29, 1.82) is 5.26 Å². The summed E-state index contributed by atoms with van der Waals surface area (Å²) in [5.74, 6) is -2.42. The van der Waals surface area contributed by atoms with Crippen LogP contribution in [0.25, 0.3) is 0 Å². The molecule has 1 aliphatic rings. The zero-order chi connectivity index (χ0) is 21.8. The van der Waals surface area contributed by atoms with E-state index in [2.05, 4.69) is 11.9 Å². The van der Waals surface area contributed by atoms with Gasteiger partial charge >= 0.3 is 5.97 Å². The number of hydrogen-bond acceptors (Lipinski definition) is 6. The fourth-order valence-electron chi connectivity index (χ4n) is 2.92. The minimum atomic E-state index is -1.16. The summed E-state index contributed by atoms with van der Waals surface area (Å²) >= 11 is 0. The van der Waals surface area contributed by atoms with Gasteiger partial charge in [-0.15, -0.1) is 6.58 Å². The second kappa shape index (κ2) is 8.41. The molecule has 0 aromatic heterocycles. The van der Waals surface area contributed by atoms with E-state index in [9.17, 15) is 19.2 Å². The number of esters is 1. The summed E-state index contributed by atoms with van der Waals surface area (Å²) in [4.78, 5) is 50.4. The number of anilines is 1. The lowest BCUT2D eigenvalue weighted by molar-refractivity contribution is -0.123. The van der Waals surface area contributed by atoms with Crippen molar-refractivity contribution < 1.29 is 23.9 Å². The molecule has 0 aliphatic carbocycles. The van der Waals surface area contributed by atoms with Crippen LogP contribution in [0, 0.1) is 11.3 Å². The Morgan fingerprint density at radius 1 is 1.20 bits per heavy atom. The minimum Gasteiger partial charge on any atom is -0.449 e. The number of rotatable bonds is 6. The first kappa shape index (κ1) is 20.5. The molecule has 0 saturated carbocycles. The predicted molar refractivity (Wildman–Crippen MR) is 107 cm³/mol. The Balaban J connectivity index is 1.72. The van der Waals surface area contributed by atoms with E-state index in [0.717, 1.165) is 4.90 Å². The Hall–Kier alpha value is -4.25. The Morgan fingerprint density at radius 2 is 1.90 bits per heavy atom. The van der Waals surface area contributed by atoms with Gasteiger partial charge < -0.3 is 10.1 Å². The normalized spacial score (nSPS) is 13.3. The maximum Gasteiger partial charge on any atom is 0.338 e. The number of para-hydroxylation sites is 1. The first-order valence-electron chi connectivity index (χ1n) is 8.99. The summed E-state index contributed by atoms with van der Waals surface area (Å²) in [6.45, 7) is 4.96. The van der Waals surface area contributed by atoms with Crippen LogP contribution < -0.4 is 5.32 Å². The summed E-state index contributed by atoms with van der Waals surface area (Å²) in [5, 5.41) is 11.6. The van der Waals surface area contributed by atoms with E-state index in [0.29, 0.717) is 5.69 Å². The largest absolute Gasteiger partial charge is 0.449 e. The number of amides is 3.